The Kier molecular flexibility index (Phi) is 2.98. The van der Waals surface area contributed by atoms with Gasteiger partial charge in [-0.25, -0.2) is 9.31 Å². The molecule has 6 heteroatoms. The molecule has 0 bridgehead atoms. The lowest BCUT2D eigenvalue weighted by atomic mass is 10.1. The van der Waals surface area contributed by atoms with Crippen LogP contribution in [0.1, 0.15) is 17.3 Å². The number of aromatic nitrogens is 4. The Hall–Kier alpha value is -2.63. The van der Waals surface area contributed by atoms with Crippen LogP contribution in [-0.2, 0) is 11.8 Å². The van der Waals surface area contributed by atoms with Crippen molar-refractivity contribution in [1.82, 2.24) is 19.4 Å². The van der Waals surface area contributed by atoms with E-state index >= 15 is 0 Å². The van der Waals surface area contributed by atoms with Gasteiger partial charge in [0, 0.05) is 30.6 Å². The molecule has 3 aromatic rings. The zero-order valence-electron chi connectivity index (χ0n) is 11.3. The smallest absolute Gasteiger partial charge is 0.341 e. The van der Waals surface area contributed by atoms with Crippen molar-refractivity contribution in [2.24, 2.45) is 7.05 Å². The van der Waals surface area contributed by atoms with Crippen LogP contribution in [0.2, 0.25) is 0 Å². The van der Waals surface area contributed by atoms with E-state index in [4.69, 9.17) is 4.74 Å². The van der Waals surface area contributed by atoms with Gasteiger partial charge >= 0.3 is 5.97 Å². The lowest BCUT2D eigenvalue weighted by molar-refractivity contribution is 0.0528. The number of ether oxygens (including phenoxy) is 1. The number of pyridine rings is 1. The number of aryl methyl sites for hydroxylation is 1. The van der Waals surface area contributed by atoms with Crippen LogP contribution in [0, 0.1) is 0 Å². The van der Waals surface area contributed by atoms with Crippen molar-refractivity contribution in [2.45, 2.75) is 6.92 Å². The maximum atomic E-state index is 11.8. The van der Waals surface area contributed by atoms with E-state index in [1.165, 1.54) is 6.20 Å². The lowest BCUT2D eigenvalue weighted by Gasteiger charge is -2.01. The van der Waals surface area contributed by atoms with Gasteiger partial charge in [0.2, 0.25) is 0 Å². The Morgan fingerprint density at radius 3 is 2.75 bits per heavy atom. The molecule has 20 heavy (non-hydrogen) atoms. The molecule has 3 rings (SSSR count). The number of esters is 1. The molecule has 0 N–H and O–H groups in total. The zero-order chi connectivity index (χ0) is 14.1. The molecular weight excluding hydrogens is 256 g/mol. The van der Waals surface area contributed by atoms with Gasteiger partial charge < -0.3 is 4.74 Å². The molecule has 3 aromatic heterocycles. The normalized spacial score (nSPS) is 10.9. The second-order valence-electron chi connectivity index (χ2n) is 4.43. The van der Waals surface area contributed by atoms with Crippen molar-refractivity contribution in [3.05, 3.63) is 42.5 Å². The summed E-state index contributed by atoms with van der Waals surface area (Å²) in [7, 11) is 1.87. The van der Waals surface area contributed by atoms with Crippen LogP contribution in [0.4, 0.5) is 0 Å². The largest absolute Gasteiger partial charge is 0.462 e. The standard InChI is InChI=1S/C14H14N4O2/c1-3-20-14(19)12-7-16-18-9-10(4-5-13(12)18)11-6-15-17(2)8-11/h4-9H,3H2,1-2H3. The Morgan fingerprint density at radius 1 is 1.20 bits per heavy atom. The molecule has 0 saturated carbocycles. The van der Waals surface area contributed by atoms with Crippen molar-refractivity contribution in [1.29, 1.82) is 0 Å². The molecule has 0 unspecified atom stereocenters. The number of carbonyl (C=O) groups is 1. The molecule has 0 aliphatic carbocycles. The predicted octanol–water partition coefficient (Wildman–Crippen LogP) is 1.91. The van der Waals surface area contributed by atoms with E-state index in [9.17, 15) is 4.79 Å². The highest BCUT2D eigenvalue weighted by Gasteiger charge is 2.14. The maximum absolute atomic E-state index is 11.8. The average Bonchev–Trinajstić information content (AvgIpc) is 3.04. The lowest BCUT2D eigenvalue weighted by Crippen LogP contribution is -2.03. The van der Waals surface area contributed by atoms with E-state index in [1.807, 2.05) is 31.6 Å². The quantitative estimate of drug-likeness (QED) is 0.682. The maximum Gasteiger partial charge on any atom is 0.341 e. The number of nitrogens with zero attached hydrogens (tertiary/aromatic N) is 4. The van der Waals surface area contributed by atoms with Gasteiger partial charge in [-0.15, -0.1) is 0 Å². The fraction of sp³-hybridized carbons (Fsp3) is 0.214. The first-order valence-electron chi connectivity index (χ1n) is 6.32. The average molecular weight is 270 g/mol. The van der Waals surface area contributed by atoms with Crippen LogP contribution in [0.5, 0.6) is 0 Å². The second kappa shape index (κ2) is 4.80. The van der Waals surface area contributed by atoms with Crippen LogP contribution in [0.15, 0.2) is 36.9 Å². The molecule has 0 radical (unpaired) electrons. The fourth-order valence-electron chi connectivity index (χ4n) is 2.09. The minimum absolute atomic E-state index is 0.350. The topological polar surface area (TPSA) is 61.4 Å². The van der Waals surface area contributed by atoms with Crippen molar-refractivity contribution in [3.8, 4) is 11.1 Å². The van der Waals surface area contributed by atoms with Gasteiger partial charge in [0.1, 0.15) is 5.56 Å². The molecule has 0 fully saturated rings. The van der Waals surface area contributed by atoms with Crippen molar-refractivity contribution in [2.75, 3.05) is 6.61 Å². The van der Waals surface area contributed by atoms with Gasteiger partial charge in [0.05, 0.1) is 24.5 Å². The van der Waals surface area contributed by atoms with Crippen LogP contribution in [-0.4, -0.2) is 32.0 Å². The van der Waals surface area contributed by atoms with Crippen molar-refractivity contribution < 1.29 is 9.53 Å². The number of rotatable bonds is 3. The minimum atomic E-state index is -0.350. The zero-order valence-corrected chi connectivity index (χ0v) is 11.3. The van der Waals surface area contributed by atoms with Gasteiger partial charge in [0.15, 0.2) is 0 Å². The number of fused-ring (bicyclic) bond motifs is 1. The van der Waals surface area contributed by atoms with E-state index in [2.05, 4.69) is 10.2 Å². The van der Waals surface area contributed by atoms with Gasteiger partial charge in [-0.2, -0.15) is 10.2 Å². The Bertz CT molecular complexity index is 772. The summed E-state index contributed by atoms with van der Waals surface area (Å²) in [5, 5.41) is 8.35. The predicted molar refractivity (Wildman–Crippen MR) is 73.4 cm³/mol. The molecule has 0 aromatic carbocycles. The monoisotopic (exact) mass is 270 g/mol. The van der Waals surface area contributed by atoms with E-state index in [0.29, 0.717) is 12.2 Å². The van der Waals surface area contributed by atoms with Gasteiger partial charge in [-0.3, -0.25) is 4.68 Å². The molecule has 3 heterocycles. The van der Waals surface area contributed by atoms with Gasteiger partial charge in [-0.1, -0.05) is 6.07 Å². The summed E-state index contributed by atoms with van der Waals surface area (Å²) in [5.41, 5.74) is 3.20. The number of hydrogen-bond acceptors (Lipinski definition) is 4. The Morgan fingerprint density at radius 2 is 2.05 bits per heavy atom. The molecule has 6 nitrogen and oxygen atoms in total. The first-order chi connectivity index (χ1) is 9.69. The first kappa shape index (κ1) is 12.4. The Balaban J connectivity index is 2.03. The number of hydrogen-bond donors (Lipinski definition) is 0. The summed E-state index contributed by atoms with van der Waals surface area (Å²) in [6.07, 6.45) is 7.11. The summed E-state index contributed by atoms with van der Waals surface area (Å²) in [6.45, 7) is 2.13. The summed E-state index contributed by atoms with van der Waals surface area (Å²) >= 11 is 0. The number of carbonyl (C=O) groups excluding carboxylic acids is 1. The van der Waals surface area contributed by atoms with Crippen LogP contribution in [0.25, 0.3) is 16.6 Å². The molecule has 0 aliphatic heterocycles. The molecule has 0 atom stereocenters. The summed E-state index contributed by atoms with van der Waals surface area (Å²) in [6, 6.07) is 3.80. The van der Waals surface area contributed by atoms with Crippen molar-refractivity contribution >= 4 is 11.5 Å². The third-order valence-electron chi connectivity index (χ3n) is 3.05. The third-order valence-corrected chi connectivity index (χ3v) is 3.05. The molecule has 102 valence electrons. The highest BCUT2D eigenvalue weighted by molar-refractivity contribution is 5.96. The molecule has 0 amide bonds. The SMILES string of the molecule is CCOC(=O)c1cnn2cc(-c3cnn(C)c3)ccc12. The highest BCUT2D eigenvalue weighted by atomic mass is 16.5. The van der Waals surface area contributed by atoms with Crippen LogP contribution >= 0.6 is 0 Å². The summed E-state index contributed by atoms with van der Waals surface area (Å²) < 4.78 is 8.42. The highest BCUT2D eigenvalue weighted by Crippen LogP contribution is 2.21. The van der Waals surface area contributed by atoms with E-state index in [-0.39, 0.29) is 5.97 Å². The van der Waals surface area contributed by atoms with E-state index < -0.39 is 0 Å². The van der Waals surface area contributed by atoms with Crippen molar-refractivity contribution in [3.63, 3.8) is 0 Å². The van der Waals surface area contributed by atoms with E-state index in [0.717, 1.165) is 16.6 Å². The molecular formula is C14H14N4O2. The summed E-state index contributed by atoms with van der Waals surface area (Å²) in [5.74, 6) is -0.350. The third kappa shape index (κ3) is 2.05. The molecule has 0 aliphatic rings. The molecule has 0 saturated heterocycles. The molecule has 0 spiro atoms. The second-order valence-corrected chi connectivity index (χ2v) is 4.43. The van der Waals surface area contributed by atoms with Gasteiger partial charge in [0.25, 0.3) is 0 Å². The fourth-order valence-corrected chi connectivity index (χ4v) is 2.09. The minimum Gasteiger partial charge on any atom is -0.462 e. The first-order valence-corrected chi connectivity index (χ1v) is 6.32. The Labute approximate surface area is 115 Å². The summed E-state index contributed by atoms with van der Waals surface area (Å²) in [4.78, 5) is 11.8. The van der Waals surface area contributed by atoms with Crippen LogP contribution in [0.3, 0.4) is 0 Å². The van der Waals surface area contributed by atoms with Crippen LogP contribution < -0.4 is 0 Å². The van der Waals surface area contributed by atoms with Gasteiger partial charge in [-0.05, 0) is 13.0 Å². The van der Waals surface area contributed by atoms with E-state index in [1.54, 1.807) is 22.3 Å².